The second kappa shape index (κ2) is 21.9. The third kappa shape index (κ3) is 8.79. The highest BCUT2D eigenvalue weighted by atomic mass is 16.3. The second-order valence-corrected chi connectivity index (χ2v) is 19.9. The lowest BCUT2D eigenvalue weighted by Crippen LogP contribution is -1.92. The van der Waals surface area contributed by atoms with Gasteiger partial charge in [-0.05, 0) is 191 Å². The summed E-state index contributed by atoms with van der Waals surface area (Å²) in [5.74, 6) is 0. The molecule has 0 saturated heterocycles. The molecule has 0 atom stereocenters. The number of hydrogen-bond donors (Lipinski definition) is 0. The molecule has 2 heterocycles. The Morgan fingerprint density at radius 3 is 1.09 bits per heavy atom. The molecule has 19 aromatic rings. The van der Waals surface area contributed by atoms with Crippen LogP contribution in [0.2, 0.25) is 0 Å². The maximum absolute atomic E-state index is 10.0. The van der Waals surface area contributed by atoms with Crippen LogP contribution in [-0.4, -0.2) is 0 Å². The minimum Gasteiger partial charge on any atom is -0.456 e. The van der Waals surface area contributed by atoms with E-state index in [0.29, 0.717) is 0 Å². The number of hydrogen-bond acceptors (Lipinski definition) is 2. The molecule has 0 bridgehead atoms. The van der Waals surface area contributed by atoms with Crippen molar-refractivity contribution < 1.29 is 82.9 Å². The Hall–Kier alpha value is -12.1. The van der Waals surface area contributed by atoms with E-state index in [9.17, 15) is 27.4 Å². The summed E-state index contributed by atoms with van der Waals surface area (Å²) in [5.41, 5.74) is -12.9. The molecule has 2 aromatic heterocycles. The average molecular weight is 1220 g/mol. The molecule has 428 valence electrons. The number of furan rings is 2. The van der Waals surface area contributed by atoms with Gasteiger partial charge in [-0.1, -0.05) is 290 Å². The van der Waals surface area contributed by atoms with E-state index in [1.807, 2.05) is 0 Å². The molecule has 0 N–H and O–H groups in total. The van der Waals surface area contributed by atoms with Crippen molar-refractivity contribution in [3.63, 3.8) is 0 Å². The molecule has 0 unspecified atom stereocenters. The standard InChI is InChI=1S/C46H28O.C44H28O/c1-2-12-30-27-31(22-21-29(30)11-1)33-24-25-41(35-14-4-3-13-34(33)35)46-39-18-7-5-16-37(39)45(38-17-6-8-19-40(38)46)32-23-26-44-42(28-32)36-15-9-10-20-43(36)47-44;1-3-13-29(14-4-1)33-25-23-31(27-39(33)30-15-5-2-6-16-30)43-35-18-7-9-20-37(35)44(38-21-10-8-19-36(38)43)32-24-26-42-40(28-32)34-17-11-12-22-41(34)45-42/h1-28H;1-28H/i2*1D,2D,3D,4D,5D,6D,7D,9D,10D,11D,12D,13D,14D,15D,16D,17D,18D,19D,20D,21D,22D,23D,24D,25D,26D,27D,28D. The van der Waals surface area contributed by atoms with Gasteiger partial charge < -0.3 is 8.83 Å². The highest BCUT2D eigenvalue weighted by molar-refractivity contribution is 6.26. The largest absolute Gasteiger partial charge is 0.456 e. The van der Waals surface area contributed by atoms with E-state index in [1.54, 1.807) is 0 Å². The summed E-state index contributed by atoms with van der Waals surface area (Å²) >= 11 is 0. The third-order valence-corrected chi connectivity index (χ3v) is 14.9. The van der Waals surface area contributed by atoms with Gasteiger partial charge >= 0.3 is 0 Å². The van der Waals surface area contributed by atoms with E-state index in [1.165, 1.54) is 0 Å². The molecular formula is C90H56O2. The Kier molecular flexibility index (Phi) is 5.20. The Morgan fingerprint density at radius 2 is 0.533 bits per heavy atom. The number of fused-ring (bicyclic) bond motifs is 12. The van der Waals surface area contributed by atoms with Crippen LogP contribution in [0.15, 0.2) is 347 Å². The van der Waals surface area contributed by atoms with Gasteiger partial charge in [0.25, 0.3) is 0 Å². The Bertz CT molecular complexity index is 9470. The van der Waals surface area contributed by atoms with Crippen molar-refractivity contribution in [1.82, 2.24) is 0 Å². The van der Waals surface area contributed by atoms with Gasteiger partial charge in [0.2, 0.25) is 0 Å². The fourth-order valence-electron chi connectivity index (χ4n) is 11.1. The van der Waals surface area contributed by atoms with Crippen molar-refractivity contribution >= 4 is 109 Å². The van der Waals surface area contributed by atoms with Gasteiger partial charge in [0, 0.05) is 21.5 Å². The molecule has 0 spiro atoms. The predicted molar refractivity (Wildman–Crippen MR) is 391 cm³/mol. The van der Waals surface area contributed by atoms with Gasteiger partial charge in [-0.25, -0.2) is 0 Å². The molecule has 2 heteroatoms. The summed E-state index contributed by atoms with van der Waals surface area (Å²) in [6, 6.07) is -47.0. The van der Waals surface area contributed by atoms with Crippen LogP contribution >= 0.6 is 0 Å². The summed E-state index contributed by atoms with van der Waals surface area (Å²) in [5, 5.41) is -9.76. The smallest absolute Gasteiger partial charge is 0.135 e. The Labute approximate surface area is 607 Å². The minimum absolute atomic E-state index is 0.412. The number of rotatable bonds is 7. The Morgan fingerprint density at radius 1 is 0.174 bits per heavy atom. The van der Waals surface area contributed by atoms with E-state index in [-0.39, 0.29) is 0 Å². The predicted octanol–water partition coefficient (Wildman–Crippen LogP) is 25.8. The number of benzene rings is 17. The molecule has 0 amide bonds. The number of para-hydroxylation sites is 2. The average Bonchev–Trinajstić information content (AvgIpc) is 0.963. The maximum atomic E-state index is 10.0. The van der Waals surface area contributed by atoms with Crippen molar-refractivity contribution in [3.8, 4) is 77.9 Å². The lowest BCUT2D eigenvalue weighted by Gasteiger charge is -2.20. The van der Waals surface area contributed by atoms with Crippen LogP contribution in [0.4, 0.5) is 0 Å². The van der Waals surface area contributed by atoms with E-state index >= 15 is 0 Å². The van der Waals surface area contributed by atoms with Crippen molar-refractivity contribution in [3.05, 3.63) is 338 Å². The van der Waals surface area contributed by atoms with Crippen LogP contribution in [0.5, 0.6) is 0 Å². The minimum atomic E-state index is -1.12. The first-order valence-corrected chi connectivity index (χ1v) is 27.2. The van der Waals surface area contributed by atoms with Crippen LogP contribution in [0.3, 0.4) is 0 Å². The molecule has 0 aliphatic rings. The SMILES string of the molecule is [2H]c1cc([2H])c2c(-c3c([2H])c([2H])c(-c4c([2H])c([2H])c([2H])c([2H])c4[2H])c(-c4c([2H])c([2H])c([2H])c([2H])c4[2H])c3[2H])c3c([2H])c([2H])c([2H])c([2H])c3c(-c3c([2H])c([2H])c4oc5c([2H])c([2H])c([2H])c([2H])c5c4c3[2H])c2c1[2H].[2H]c1cc([2H])c2c(-c3c([2H])c([2H])c(-c4c([2H])c([2H])c5c([2H])c([2H])c([2H])c([2H])c5c4[2H])c4c([2H])c([2H])c([2H])c([2H])c34)c3c([2H])c([2H])c([2H])c([2H])c3c(-c3c([2H])c([2H])c4oc5c([2H])c([2H])c([2H])c([2H])c5c4c3[2H])c2c1[2H]. The van der Waals surface area contributed by atoms with Crippen LogP contribution in [-0.2, 0) is 0 Å². The van der Waals surface area contributed by atoms with Crippen molar-refractivity contribution in [2.24, 2.45) is 0 Å². The van der Waals surface area contributed by atoms with Crippen LogP contribution in [0.1, 0.15) is 74.0 Å². The highest BCUT2D eigenvalue weighted by Gasteiger charge is 2.22. The van der Waals surface area contributed by atoms with Gasteiger partial charge in [-0.3, -0.25) is 0 Å². The van der Waals surface area contributed by atoms with E-state index in [4.69, 9.17) is 55.4 Å². The van der Waals surface area contributed by atoms with E-state index in [0.717, 1.165) is 12.1 Å². The van der Waals surface area contributed by atoms with Gasteiger partial charge in [0.1, 0.15) is 22.3 Å². The van der Waals surface area contributed by atoms with Crippen molar-refractivity contribution in [2.45, 2.75) is 0 Å². The van der Waals surface area contributed by atoms with E-state index < -0.39 is 513 Å². The molecule has 19 rings (SSSR count). The lowest BCUT2D eigenvalue weighted by atomic mass is 9.83. The van der Waals surface area contributed by atoms with Crippen molar-refractivity contribution in [1.29, 1.82) is 0 Å². The first kappa shape index (κ1) is 21.8. The zero-order chi connectivity index (χ0) is 108. The second-order valence-electron chi connectivity index (χ2n) is 19.9. The molecule has 2 nitrogen and oxygen atoms in total. The molecule has 0 fully saturated rings. The fraction of sp³-hybridized carbons (Fsp3) is 0. The van der Waals surface area contributed by atoms with Crippen molar-refractivity contribution in [2.75, 3.05) is 0 Å². The van der Waals surface area contributed by atoms with Crippen LogP contribution in [0, 0.1) is 0 Å². The maximum Gasteiger partial charge on any atom is 0.135 e. The molecule has 0 saturated carbocycles. The van der Waals surface area contributed by atoms with Gasteiger partial charge in [-0.2, -0.15) is 0 Å². The monoisotopic (exact) mass is 1220 g/mol. The molecule has 0 aliphatic heterocycles. The lowest BCUT2D eigenvalue weighted by molar-refractivity contribution is 0.668. The first-order valence-electron chi connectivity index (χ1n) is 54.2. The fourth-order valence-corrected chi connectivity index (χ4v) is 11.1. The van der Waals surface area contributed by atoms with Crippen LogP contribution < -0.4 is 0 Å². The third-order valence-electron chi connectivity index (χ3n) is 14.9. The summed E-state index contributed by atoms with van der Waals surface area (Å²) in [4.78, 5) is 0. The Balaban J connectivity index is 0.000000192. The molecule has 92 heavy (non-hydrogen) atoms. The zero-order valence-electron chi connectivity index (χ0n) is 100.0. The molecule has 0 radical (unpaired) electrons. The molecule has 17 aromatic carbocycles. The summed E-state index contributed by atoms with van der Waals surface area (Å²) in [6.45, 7) is 0. The molecule has 0 aliphatic carbocycles. The van der Waals surface area contributed by atoms with E-state index in [2.05, 4.69) is 0 Å². The quantitative estimate of drug-likeness (QED) is 0.149. The van der Waals surface area contributed by atoms with Gasteiger partial charge in [-0.15, -0.1) is 0 Å². The summed E-state index contributed by atoms with van der Waals surface area (Å²) in [6.07, 6.45) is 0. The van der Waals surface area contributed by atoms with Gasteiger partial charge in [0.15, 0.2) is 0 Å². The zero-order valence-corrected chi connectivity index (χ0v) is 46.0. The topological polar surface area (TPSA) is 26.3 Å². The molecular weight excluding hydrogens is 1110 g/mol. The van der Waals surface area contributed by atoms with Gasteiger partial charge in [0.05, 0.1) is 74.0 Å². The first-order chi connectivity index (χ1) is 68.1. The normalized spacial score (nSPS) is 19.9. The summed E-state index contributed by atoms with van der Waals surface area (Å²) < 4.78 is 497. The highest BCUT2D eigenvalue weighted by Crippen LogP contribution is 2.50. The van der Waals surface area contributed by atoms with Crippen LogP contribution in [0.25, 0.3) is 186 Å². The summed E-state index contributed by atoms with van der Waals surface area (Å²) in [7, 11) is 0.